The van der Waals surface area contributed by atoms with Crippen LogP contribution in [0.4, 0.5) is 0 Å². The van der Waals surface area contributed by atoms with Crippen LogP contribution in [0.1, 0.15) is 19.8 Å². The van der Waals surface area contributed by atoms with E-state index in [1.165, 1.54) is 6.92 Å². The Morgan fingerprint density at radius 3 is 2.75 bits per heavy atom. The van der Waals surface area contributed by atoms with Crippen LogP contribution in [0.15, 0.2) is 0 Å². The van der Waals surface area contributed by atoms with Gasteiger partial charge in [-0.15, -0.1) is 0 Å². The van der Waals surface area contributed by atoms with Gasteiger partial charge in [0, 0.05) is 6.92 Å². The van der Waals surface area contributed by atoms with Gasteiger partial charge in [-0.25, -0.2) is 4.79 Å². The van der Waals surface area contributed by atoms with E-state index in [1.807, 2.05) is 0 Å². The lowest BCUT2D eigenvalue weighted by atomic mass is 9.96. The standard InChI is InChI=1S/C8H11NO3/c1-5(10)9-4-6-2-3-7(9)8(11)12-6/h6-7H,2-4H2,1H3. The number of ether oxygens (including phenoxy) is 1. The van der Waals surface area contributed by atoms with E-state index in [1.54, 1.807) is 4.90 Å². The van der Waals surface area contributed by atoms with Crippen molar-refractivity contribution in [2.45, 2.75) is 31.9 Å². The third-order valence-corrected chi connectivity index (χ3v) is 2.50. The number of piperidine rings is 1. The summed E-state index contributed by atoms with van der Waals surface area (Å²) in [6.45, 7) is 2.08. The topological polar surface area (TPSA) is 46.6 Å². The number of carbonyl (C=O) groups excluding carboxylic acids is 2. The van der Waals surface area contributed by atoms with Gasteiger partial charge in [0.25, 0.3) is 0 Å². The number of fused-ring (bicyclic) bond motifs is 3. The molecule has 3 aliphatic heterocycles. The summed E-state index contributed by atoms with van der Waals surface area (Å²) in [6, 6.07) is -0.299. The van der Waals surface area contributed by atoms with Crippen LogP contribution in [0.3, 0.4) is 0 Å². The Morgan fingerprint density at radius 1 is 1.58 bits per heavy atom. The molecule has 3 heterocycles. The molecule has 1 amide bonds. The average molecular weight is 169 g/mol. The minimum atomic E-state index is -0.299. The van der Waals surface area contributed by atoms with Crippen molar-refractivity contribution in [2.24, 2.45) is 0 Å². The Hall–Kier alpha value is -1.06. The van der Waals surface area contributed by atoms with E-state index in [-0.39, 0.29) is 24.0 Å². The predicted octanol–water partition coefficient (Wildman–Crippen LogP) is -0.0773. The summed E-state index contributed by atoms with van der Waals surface area (Å²) in [5.41, 5.74) is 0. The van der Waals surface area contributed by atoms with Crippen LogP contribution in [-0.2, 0) is 14.3 Å². The molecular formula is C8H11NO3. The molecule has 0 aromatic carbocycles. The Kier molecular flexibility index (Phi) is 1.56. The minimum absolute atomic E-state index is 0.0265. The first kappa shape index (κ1) is 7.58. The van der Waals surface area contributed by atoms with Crippen LogP contribution in [0.5, 0.6) is 0 Å². The van der Waals surface area contributed by atoms with Crippen molar-refractivity contribution >= 4 is 11.9 Å². The normalized spacial score (nSPS) is 33.4. The number of rotatable bonds is 0. The molecule has 0 spiro atoms. The van der Waals surface area contributed by atoms with Gasteiger partial charge in [0.1, 0.15) is 12.1 Å². The van der Waals surface area contributed by atoms with E-state index in [0.717, 1.165) is 12.8 Å². The highest BCUT2D eigenvalue weighted by atomic mass is 16.6. The fourth-order valence-electron chi connectivity index (χ4n) is 1.87. The first-order valence-corrected chi connectivity index (χ1v) is 4.16. The SMILES string of the molecule is CC(=O)N1CC2CCC1C(=O)O2. The molecule has 0 aromatic rings. The van der Waals surface area contributed by atoms with E-state index < -0.39 is 0 Å². The van der Waals surface area contributed by atoms with Crippen molar-refractivity contribution < 1.29 is 14.3 Å². The lowest BCUT2D eigenvalue weighted by Crippen LogP contribution is -2.58. The fourth-order valence-corrected chi connectivity index (χ4v) is 1.87. The van der Waals surface area contributed by atoms with Gasteiger partial charge < -0.3 is 9.64 Å². The van der Waals surface area contributed by atoms with Crippen molar-refractivity contribution in [3.05, 3.63) is 0 Å². The third kappa shape index (κ3) is 0.983. The molecule has 0 radical (unpaired) electrons. The van der Waals surface area contributed by atoms with Crippen LogP contribution in [-0.4, -0.2) is 35.5 Å². The van der Waals surface area contributed by atoms with Gasteiger partial charge in [-0.05, 0) is 12.8 Å². The zero-order chi connectivity index (χ0) is 8.72. The van der Waals surface area contributed by atoms with E-state index in [9.17, 15) is 9.59 Å². The lowest BCUT2D eigenvalue weighted by Gasteiger charge is -2.42. The summed E-state index contributed by atoms with van der Waals surface area (Å²) in [7, 11) is 0. The van der Waals surface area contributed by atoms with Crippen molar-refractivity contribution in [1.29, 1.82) is 0 Å². The van der Waals surface area contributed by atoms with Gasteiger partial charge in [0.15, 0.2) is 0 Å². The first-order valence-electron chi connectivity index (χ1n) is 4.16. The van der Waals surface area contributed by atoms with E-state index in [2.05, 4.69) is 0 Å². The van der Waals surface area contributed by atoms with Crippen molar-refractivity contribution in [3.63, 3.8) is 0 Å². The number of hydrogen-bond acceptors (Lipinski definition) is 3. The number of amides is 1. The Bertz CT molecular complexity index is 238. The van der Waals surface area contributed by atoms with Crippen LogP contribution < -0.4 is 0 Å². The molecule has 0 saturated carbocycles. The molecule has 2 unspecified atom stereocenters. The predicted molar refractivity (Wildman–Crippen MR) is 40.3 cm³/mol. The van der Waals surface area contributed by atoms with Gasteiger partial charge in [-0.1, -0.05) is 0 Å². The largest absolute Gasteiger partial charge is 0.459 e. The summed E-state index contributed by atoms with van der Waals surface area (Å²) in [5.74, 6) is -0.256. The Balaban J connectivity index is 2.19. The summed E-state index contributed by atoms with van der Waals surface area (Å²) in [6.07, 6.45) is 1.62. The number of hydrogen-bond donors (Lipinski definition) is 0. The average Bonchev–Trinajstić information content (AvgIpc) is 2.04. The quantitative estimate of drug-likeness (QED) is 0.476. The maximum absolute atomic E-state index is 11.2. The smallest absolute Gasteiger partial charge is 0.329 e. The van der Waals surface area contributed by atoms with Crippen LogP contribution in [0.25, 0.3) is 0 Å². The molecule has 2 atom stereocenters. The highest BCUT2D eigenvalue weighted by molar-refractivity contribution is 5.85. The molecule has 0 aliphatic carbocycles. The third-order valence-electron chi connectivity index (χ3n) is 2.50. The zero-order valence-electron chi connectivity index (χ0n) is 6.95. The van der Waals surface area contributed by atoms with Crippen molar-refractivity contribution in [3.8, 4) is 0 Å². The summed E-state index contributed by atoms with van der Waals surface area (Å²) in [5, 5.41) is 0. The summed E-state index contributed by atoms with van der Waals surface area (Å²) >= 11 is 0. The van der Waals surface area contributed by atoms with Gasteiger partial charge in [0.2, 0.25) is 5.91 Å². The Morgan fingerprint density at radius 2 is 2.33 bits per heavy atom. The van der Waals surface area contributed by atoms with Gasteiger partial charge in [-0.2, -0.15) is 0 Å². The fraction of sp³-hybridized carbons (Fsp3) is 0.750. The second-order valence-corrected chi connectivity index (χ2v) is 3.32. The lowest BCUT2D eigenvalue weighted by molar-refractivity contribution is -0.180. The maximum atomic E-state index is 11.2. The van der Waals surface area contributed by atoms with Crippen molar-refractivity contribution in [2.75, 3.05) is 6.54 Å². The van der Waals surface area contributed by atoms with Crippen LogP contribution >= 0.6 is 0 Å². The highest BCUT2D eigenvalue weighted by Crippen LogP contribution is 2.26. The molecule has 0 aromatic heterocycles. The van der Waals surface area contributed by atoms with Crippen LogP contribution in [0.2, 0.25) is 0 Å². The Labute approximate surface area is 70.5 Å². The van der Waals surface area contributed by atoms with Gasteiger partial charge in [-0.3, -0.25) is 4.79 Å². The van der Waals surface area contributed by atoms with E-state index >= 15 is 0 Å². The maximum Gasteiger partial charge on any atom is 0.329 e. The van der Waals surface area contributed by atoms with E-state index in [4.69, 9.17) is 4.74 Å². The highest BCUT2D eigenvalue weighted by Gasteiger charge is 2.42. The molecular weight excluding hydrogens is 158 g/mol. The number of esters is 1. The molecule has 3 aliphatic rings. The van der Waals surface area contributed by atoms with Crippen molar-refractivity contribution in [1.82, 2.24) is 4.90 Å². The minimum Gasteiger partial charge on any atom is -0.459 e. The second-order valence-electron chi connectivity index (χ2n) is 3.32. The molecule has 4 heteroatoms. The van der Waals surface area contributed by atoms with Gasteiger partial charge >= 0.3 is 5.97 Å². The molecule has 66 valence electrons. The van der Waals surface area contributed by atoms with E-state index in [0.29, 0.717) is 6.54 Å². The summed E-state index contributed by atoms with van der Waals surface area (Å²) < 4.78 is 5.03. The molecule has 3 fully saturated rings. The summed E-state index contributed by atoms with van der Waals surface area (Å²) in [4.78, 5) is 23.8. The van der Waals surface area contributed by atoms with Gasteiger partial charge in [0.05, 0.1) is 6.54 Å². The molecule has 3 saturated heterocycles. The second kappa shape index (κ2) is 2.47. The number of morpholine rings is 1. The molecule has 3 rings (SSSR count). The molecule has 0 N–H and O–H groups in total. The van der Waals surface area contributed by atoms with Crippen LogP contribution in [0, 0.1) is 0 Å². The first-order chi connectivity index (χ1) is 5.68. The monoisotopic (exact) mass is 169 g/mol. The number of nitrogens with zero attached hydrogens (tertiary/aromatic N) is 1. The number of carbonyl (C=O) groups is 2. The molecule has 4 nitrogen and oxygen atoms in total. The molecule has 12 heavy (non-hydrogen) atoms. The zero-order valence-corrected chi connectivity index (χ0v) is 6.95. The molecule has 2 bridgehead atoms.